The van der Waals surface area contributed by atoms with Gasteiger partial charge in [0.1, 0.15) is 60.4 Å². The van der Waals surface area contributed by atoms with Crippen LogP contribution in [-0.2, 0) is 52.7 Å². The summed E-state index contributed by atoms with van der Waals surface area (Å²) in [6.07, 6.45) is 0.691. The topological polar surface area (TPSA) is 279 Å². The van der Waals surface area contributed by atoms with Gasteiger partial charge in [0.25, 0.3) is 0 Å². The maximum absolute atomic E-state index is 15.2. The Hall–Kier alpha value is -6.13. The zero-order chi connectivity index (χ0) is 68.5. The summed E-state index contributed by atoms with van der Waals surface area (Å²) in [4.78, 5) is 169. The Morgan fingerprint density at radius 1 is 0.471 bits per heavy atom. The number of nitrogens with one attached hydrogen (secondary N) is 4. The van der Waals surface area contributed by atoms with Crippen molar-refractivity contribution in [3.05, 3.63) is 12.2 Å². The Balaban J connectivity index is 4.40. The summed E-state index contributed by atoms with van der Waals surface area (Å²) in [5.41, 5.74) is 0. The molecular formula is C62H111N11O12. The third-order valence-electron chi connectivity index (χ3n) is 15.8. The molecule has 0 radical (unpaired) electrons. The molecule has 11 amide bonds. The summed E-state index contributed by atoms with van der Waals surface area (Å²) in [5, 5.41) is 22.9. The molecule has 0 unspecified atom stereocenters. The molecule has 1 aliphatic heterocycles. The van der Waals surface area contributed by atoms with Gasteiger partial charge >= 0.3 is 0 Å². The lowest BCUT2D eigenvalue weighted by Gasteiger charge is -2.41. The Morgan fingerprint density at radius 3 is 1.26 bits per heavy atom. The zero-order valence-corrected chi connectivity index (χ0v) is 55.6. The van der Waals surface area contributed by atoms with E-state index in [-0.39, 0.29) is 68.1 Å². The van der Waals surface area contributed by atoms with Crippen LogP contribution in [-0.4, -0.2) is 227 Å². The van der Waals surface area contributed by atoms with E-state index in [2.05, 4.69) is 21.3 Å². The summed E-state index contributed by atoms with van der Waals surface area (Å²) in [7, 11) is 9.61. The van der Waals surface area contributed by atoms with Crippen LogP contribution >= 0.6 is 0 Å². The van der Waals surface area contributed by atoms with E-state index in [1.165, 1.54) is 101 Å². The van der Waals surface area contributed by atoms with Crippen LogP contribution in [0.4, 0.5) is 0 Å². The first kappa shape index (κ1) is 71.4. The first-order valence-electron chi connectivity index (χ1n) is 31.8. The maximum Gasteiger partial charge on any atom is 0.246 e. The highest BCUT2D eigenvalue weighted by atomic mass is 16.3. The summed E-state index contributed by atoms with van der Waals surface area (Å²) in [6, 6.07) is -13.0. The molecule has 1 heterocycles. The number of rotatable bonds is 15. The van der Waals surface area contributed by atoms with Crippen LogP contribution < -0.4 is 21.3 Å². The molecule has 0 spiro atoms. The second kappa shape index (κ2) is 34.9. The molecule has 0 aromatic heterocycles. The lowest BCUT2D eigenvalue weighted by molar-refractivity contribution is -0.156. The van der Waals surface area contributed by atoms with Crippen molar-refractivity contribution in [3.63, 3.8) is 0 Å². The number of hydrogen-bond acceptors (Lipinski definition) is 12. The molecule has 12 atom stereocenters. The molecule has 0 aliphatic carbocycles. The lowest BCUT2D eigenvalue weighted by atomic mass is 9.93. The van der Waals surface area contributed by atoms with E-state index >= 15 is 14.4 Å². The molecule has 0 saturated carbocycles. The smallest absolute Gasteiger partial charge is 0.246 e. The molecule has 1 rings (SSSR count). The molecule has 486 valence electrons. The van der Waals surface area contributed by atoms with Crippen molar-refractivity contribution in [2.45, 2.75) is 223 Å². The molecular weight excluding hydrogens is 1090 g/mol. The molecule has 0 aromatic rings. The minimum atomic E-state index is -2.58. The molecule has 23 nitrogen and oxygen atoms in total. The lowest BCUT2D eigenvalue weighted by Crippen LogP contribution is -2.63. The summed E-state index contributed by atoms with van der Waals surface area (Å²) in [5.74, 6) is -10.6. The number of allylic oxidation sites excluding steroid dienone is 1. The van der Waals surface area contributed by atoms with Crippen molar-refractivity contribution in [2.24, 2.45) is 41.4 Å². The molecule has 0 bridgehead atoms. The molecule has 23 heteroatoms. The second-order valence-electron chi connectivity index (χ2n) is 26.0. The van der Waals surface area contributed by atoms with Crippen molar-refractivity contribution in [3.8, 4) is 0 Å². The summed E-state index contributed by atoms with van der Waals surface area (Å²) < 4.78 is 23.3. The largest absolute Gasteiger partial charge is 0.390 e. The SMILES string of the molecule is [2H]C([2H])([2H])/C=C/[C@@H](C)[C@@H](O)[C@H]1C(=O)N[C@@H](CC)C(=O)N(C)CC(=O)N(C)[C@@H](CC(C)C)C(=O)N[C@@H](C(C)C)C(=O)N(C)[C@@H](CC(C)C)C(=O)N[C@@H](C)C(=O)N[C@H](C)C(=O)N(C)[C@H](CC(C)C)C(=O)N(C)[C@@H](CC(C)C)C(=O)N(C)[C@@H](CC(C)C)C(=O)N1C. The van der Waals surface area contributed by atoms with Gasteiger partial charge in [0, 0.05) is 59.4 Å². The minimum absolute atomic E-state index is 0.0184. The van der Waals surface area contributed by atoms with Crippen LogP contribution in [0.15, 0.2) is 12.2 Å². The highest BCUT2D eigenvalue weighted by Gasteiger charge is 2.45. The van der Waals surface area contributed by atoms with Crippen LogP contribution in [0, 0.1) is 41.4 Å². The first-order chi connectivity index (χ1) is 40.3. The average molecular weight is 1210 g/mol. The second-order valence-corrected chi connectivity index (χ2v) is 26.0. The first-order valence-corrected chi connectivity index (χ1v) is 30.3. The van der Waals surface area contributed by atoms with Crippen molar-refractivity contribution in [2.75, 3.05) is 55.9 Å². The monoisotopic (exact) mass is 1200 g/mol. The van der Waals surface area contributed by atoms with E-state index in [0.717, 1.165) is 15.9 Å². The van der Waals surface area contributed by atoms with Gasteiger partial charge in [0.15, 0.2) is 0 Å². The standard InChI is InChI=1S/C62H111N11O12/c1-25-27-40(15)52(75)51-56(79)65-43(26-2)58(81)67(18)33-49(74)68(19)44(28-34(3)4)55(78)66-50(39(13)14)62(85)69(20)45(29-35(5)6)54(77)63-41(16)53(76)64-42(17)57(80)70(21)46(30-36(7)8)59(82)71(22)47(31-37(9)10)60(83)72(23)48(32-38(11)12)61(84)73(51)24/h25,27,34-48,50-52,75H,26,28-33H2,1-24H3,(H,63,77)(H,64,76)(H,65,79)(H,66,78)/b27-25+/t40-,41+,42-,43+,44+,45+,46-,47+,48+,50+,51+,52-/m1/s1/i1D3. The summed E-state index contributed by atoms with van der Waals surface area (Å²) >= 11 is 0. The third-order valence-corrected chi connectivity index (χ3v) is 15.8. The number of amides is 11. The van der Waals surface area contributed by atoms with Crippen LogP contribution in [0.2, 0.25) is 0 Å². The molecule has 5 N–H and O–H groups in total. The number of aliphatic hydroxyl groups excluding tert-OH is 1. The summed E-state index contributed by atoms with van der Waals surface area (Å²) in [6.45, 7) is 24.5. The number of aliphatic hydroxyl groups is 1. The van der Waals surface area contributed by atoms with Crippen LogP contribution in [0.3, 0.4) is 0 Å². The van der Waals surface area contributed by atoms with Crippen LogP contribution in [0.1, 0.15) is 160 Å². The highest BCUT2D eigenvalue weighted by molar-refractivity contribution is 5.99. The Kier molecular flexibility index (Phi) is 29.3. The highest BCUT2D eigenvalue weighted by Crippen LogP contribution is 2.25. The van der Waals surface area contributed by atoms with E-state index in [4.69, 9.17) is 4.11 Å². The van der Waals surface area contributed by atoms with Gasteiger partial charge in [-0.15, -0.1) is 0 Å². The zero-order valence-electron chi connectivity index (χ0n) is 58.6. The molecule has 1 aliphatic rings. The van der Waals surface area contributed by atoms with Crippen molar-refractivity contribution >= 4 is 65.0 Å². The van der Waals surface area contributed by atoms with E-state index in [0.29, 0.717) is 0 Å². The fraction of sp³-hybridized carbons (Fsp3) is 0.790. The number of hydrogen-bond donors (Lipinski definition) is 5. The van der Waals surface area contributed by atoms with Gasteiger partial charge in [-0.25, -0.2) is 0 Å². The van der Waals surface area contributed by atoms with Crippen molar-refractivity contribution in [1.29, 1.82) is 0 Å². The third kappa shape index (κ3) is 22.0. The predicted molar refractivity (Wildman–Crippen MR) is 328 cm³/mol. The van der Waals surface area contributed by atoms with Gasteiger partial charge in [-0.1, -0.05) is 109 Å². The van der Waals surface area contributed by atoms with E-state index in [1.807, 2.05) is 69.2 Å². The minimum Gasteiger partial charge on any atom is -0.390 e. The normalized spacial score (nSPS) is 27.6. The van der Waals surface area contributed by atoms with Gasteiger partial charge < -0.3 is 60.7 Å². The quantitative estimate of drug-likeness (QED) is 0.148. The molecule has 85 heavy (non-hydrogen) atoms. The van der Waals surface area contributed by atoms with Crippen LogP contribution in [0.25, 0.3) is 0 Å². The fourth-order valence-electron chi connectivity index (χ4n) is 10.4. The Bertz CT molecular complexity index is 2440. The molecule has 1 fully saturated rings. The van der Waals surface area contributed by atoms with Crippen LogP contribution in [0.5, 0.6) is 0 Å². The Labute approximate surface area is 513 Å². The number of nitrogens with zero attached hydrogens (tertiary/aromatic N) is 7. The van der Waals surface area contributed by atoms with Gasteiger partial charge in [0.05, 0.1) is 12.6 Å². The van der Waals surface area contributed by atoms with E-state index < -0.39 is 157 Å². The number of likely N-dealkylation sites (N-methyl/N-ethyl adjacent to an activating group) is 7. The fourth-order valence-corrected chi connectivity index (χ4v) is 10.4. The van der Waals surface area contributed by atoms with Crippen molar-refractivity contribution < 1.29 is 62.0 Å². The van der Waals surface area contributed by atoms with Crippen molar-refractivity contribution in [1.82, 2.24) is 55.6 Å². The van der Waals surface area contributed by atoms with Gasteiger partial charge in [-0.3, -0.25) is 52.7 Å². The van der Waals surface area contributed by atoms with E-state index in [1.54, 1.807) is 20.8 Å². The molecule has 1 saturated heterocycles. The van der Waals surface area contributed by atoms with Gasteiger partial charge in [-0.2, -0.15) is 0 Å². The average Bonchev–Trinajstić information content (AvgIpc) is 3.55. The number of carbonyl (C=O) groups is 11. The van der Waals surface area contributed by atoms with Gasteiger partial charge in [0.2, 0.25) is 65.0 Å². The maximum atomic E-state index is 15.2. The Morgan fingerprint density at radius 2 is 0.847 bits per heavy atom. The van der Waals surface area contributed by atoms with Gasteiger partial charge in [-0.05, 0) is 94.7 Å². The van der Waals surface area contributed by atoms with E-state index in [9.17, 15) is 43.5 Å². The molecule has 0 aromatic carbocycles. The predicted octanol–water partition coefficient (Wildman–Crippen LogP) is 3.27. The number of carbonyl (C=O) groups excluding carboxylic acids is 11.